The lowest BCUT2D eigenvalue weighted by Crippen LogP contribution is -2.37. The summed E-state index contributed by atoms with van der Waals surface area (Å²) in [7, 11) is 0. The van der Waals surface area contributed by atoms with Crippen LogP contribution in [0.4, 0.5) is 0 Å². The molecule has 1 aliphatic heterocycles. The zero-order valence-electron chi connectivity index (χ0n) is 8.83. The van der Waals surface area contributed by atoms with Crippen molar-refractivity contribution in [1.82, 2.24) is 9.55 Å². The van der Waals surface area contributed by atoms with Crippen molar-refractivity contribution >= 4 is 11.6 Å². The van der Waals surface area contributed by atoms with Gasteiger partial charge in [0.2, 0.25) is 0 Å². The van der Waals surface area contributed by atoms with Crippen LogP contribution in [0.3, 0.4) is 0 Å². The van der Waals surface area contributed by atoms with Crippen LogP contribution in [0.5, 0.6) is 0 Å². The van der Waals surface area contributed by atoms with E-state index in [-0.39, 0.29) is 5.02 Å². The fourth-order valence-corrected chi connectivity index (χ4v) is 1.86. The van der Waals surface area contributed by atoms with Crippen LogP contribution in [-0.4, -0.2) is 38.1 Å². The first-order valence-electron chi connectivity index (χ1n) is 4.94. The van der Waals surface area contributed by atoms with Crippen LogP contribution in [0.1, 0.15) is 13.2 Å². The average Bonchev–Trinajstić information content (AvgIpc) is 2.51. The van der Waals surface area contributed by atoms with Gasteiger partial charge in [-0.15, -0.1) is 0 Å². The SMILES string of the molecule is C[C@@H]1O[C@H](n2cc(Cl)c(=O)[nH]c2=O)C(O)[C@@H]1O. The third kappa shape index (κ3) is 2.02. The number of hydrogen-bond acceptors (Lipinski definition) is 5. The first kappa shape index (κ1) is 12.3. The number of nitrogens with one attached hydrogen (secondary N) is 1. The predicted octanol–water partition coefficient (Wildman–Crippen LogP) is -1.17. The third-order valence-electron chi connectivity index (χ3n) is 2.68. The third-order valence-corrected chi connectivity index (χ3v) is 2.94. The summed E-state index contributed by atoms with van der Waals surface area (Å²) >= 11 is 5.58. The monoisotopic (exact) mass is 262 g/mol. The molecule has 4 atom stereocenters. The molecular formula is C9H11ClN2O5. The van der Waals surface area contributed by atoms with Gasteiger partial charge < -0.3 is 14.9 Å². The molecule has 0 saturated carbocycles. The minimum atomic E-state index is -1.26. The summed E-state index contributed by atoms with van der Waals surface area (Å²) in [5.41, 5.74) is -1.47. The Balaban J connectivity index is 2.46. The summed E-state index contributed by atoms with van der Waals surface area (Å²) in [6.07, 6.45) is -2.97. The van der Waals surface area contributed by atoms with Gasteiger partial charge in [-0.25, -0.2) is 4.79 Å². The number of aliphatic hydroxyl groups excluding tert-OH is 2. The summed E-state index contributed by atoms with van der Waals surface area (Å²) < 4.78 is 6.18. The number of rotatable bonds is 1. The Hall–Kier alpha value is -1.15. The number of ether oxygens (including phenoxy) is 1. The van der Waals surface area contributed by atoms with Gasteiger partial charge in [0, 0.05) is 6.20 Å². The Morgan fingerprint density at radius 3 is 2.59 bits per heavy atom. The molecule has 0 bridgehead atoms. The highest BCUT2D eigenvalue weighted by molar-refractivity contribution is 6.30. The van der Waals surface area contributed by atoms with Crippen molar-refractivity contribution in [2.24, 2.45) is 0 Å². The van der Waals surface area contributed by atoms with Crippen LogP contribution in [0, 0.1) is 0 Å². The minimum Gasteiger partial charge on any atom is -0.388 e. The van der Waals surface area contributed by atoms with E-state index >= 15 is 0 Å². The van der Waals surface area contributed by atoms with E-state index in [4.69, 9.17) is 16.3 Å². The lowest BCUT2D eigenvalue weighted by Gasteiger charge is -2.16. The second kappa shape index (κ2) is 4.26. The summed E-state index contributed by atoms with van der Waals surface area (Å²) in [4.78, 5) is 24.6. The summed E-state index contributed by atoms with van der Waals surface area (Å²) in [5, 5.41) is 19.0. The average molecular weight is 263 g/mol. The molecule has 2 heterocycles. The normalized spacial score (nSPS) is 32.9. The van der Waals surface area contributed by atoms with E-state index in [0.717, 1.165) is 10.8 Å². The van der Waals surface area contributed by atoms with Crippen LogP contribution in [0.25, 0.3) is 0 Å². The Bertz CT molecular complexity index is 539. The largest absolute Gasteiger partial charge is 0.388 e. The van der Waals surface area contributed by atoms with Crippen molar-refractivity contribution in [2.75, 3.05) is 0 Å². The molecule has 2 rings (SSSR count). The Morgan fingerprint density at radius 1 is 1.41 bits per heavy atom. The zero-order chi connectivity index (χ0) is 12.7. The van der Waals surface area contributed by atoms with Gasteiger partial charge in [-0.2, -0.15) is 0 Å². The quantitative estimate of drug-likeness (QED) is 0.591. The molecular weight excluding hydrogens is 252 g/mol. The van der Waals surface area contributed by atoms with Crippen LogP contribution in [-0.2, 0) is 4.74 Å². The fraction of sp³-hybridized carbons (Fsp3) is 0.556. The molecule has 0 spiro atoms. The molecule has 0 aromatic carbocycles. The maximum Gasteiger partial charge on any atom is 0.330 e. The molecule has 1 aromatic heterocycles. The first-order valence-corrected chi connectivity index (χ1v) is 5.32. The van der Waals surface area contributed by atoms with E-state index in [2.05, 4.69) is 0 Å². The van der Waals surface area contributed by atoms with Crippen molar-refractivity contribution in [3.05, 3.63) is 32.1 Å². The molecule has 94 valence electrons. The molecule has 1 aliphatic rings. The van der Waals surface area contributed by atoms with Crippen molar-refractivity contribution in [1.29, 1.82) is 0 Å². The second-order valence-corrected chi connectivity index (χ2v) is 4.26. The Kier molecular flexibility index (Phi) is 3.09. The molecule has 1 fully saturated rings. The van der Waals surface area contributed by atoms with Gasteiger partial charge in [0.1, 0.15) is 17.2 Å². The molecule has 1 unspecified atom stereocenters. The maximum absolute atomic E-state index is 11.5. The number of nitrogens with zero attached hydrogens (tertiary/aromatic N) is 1. The smallest absolute Gasteiger partial charge is 0.330 e. The van der Waals surface area contributed by atoms with E-state index in [9.17, 15) is 19.8 Å². The van der Waals surface area contributed by atoms with Crippen molar-refractivity contribution in [2.45, 2.75) is 31.5 Å². The number of aromatic amines is 1. The summed E-state index contributed by atoms with van der Waals surface area (Å²) in [6, 6.07) is 0. The zero-order valence-corrected chi connectivity index (χ0v) is 9.59. The van der Waals surface area contributed by atoms with E-state index in [1.54, 1.807) is 6.92 Å². The lowest BCUT2D eigenvalue weighted by atomic mass is 10.1. The van der Waals surface area contributed by atoms with Crippen molar-refractivity contribution in [3.8, 4) is 0 Å². The van der Waals surface area contributed by atoms with Crippen molar-refractivity contribution < 1.29 is 14.9 Å². The van der Waals surface area contributed by atoms with Gasteiger partial charge in [0.15, 0.2) is 6.23 Å². The van der Waals surface area contributed by atoms with Gasteiger partial charge in [0.05, 0.1) is 6.10 Å². The second-order valence-electron chi connectivity index (χ2n) is 3.86. The number of hydrogen-bond donors (Lipinski definition) is 3. The van der Waals surface area contributed by atoms with Gasteiger partial charge >= 0.3 is 5.69 Å². The minimum absolute atomic E-state index is 0.200. The highest BCUT2D eigenvalue weighted by atomic mass is 35.5. The van der Waals surface area contributed by atoms with Gasteiger partial charge in [-0.1, -0.05) is 11.6 Å². The highest BCUT2D eigenvalue weighted by Crippen LogP contribution is 2.27. The van der Waals surface area contributed by atoms with E-state index in [1.807, 2.05) is 4.98 Å². The first-order chi connectivity index (χ1) is 7.91. The van der Waals surface area contributed by atoms with Crippen molar-refractivity contribution in [3.63, 3.8) is 0 Å². The van der Waals surface area contributed by atoms with Crippen LogP contribution in [0.15, 0.2) is 15.8 Å². The van der Waals surface area contributed by atoms with E-state index < -0.39 is 35.8 Å². The Morgan fingerprint density at radius 2 is 2.06 bits per heavy atom. The van der Waals surface area contributed by atoms with E-state index in [1.165, 1.54) is 0 Å². The van der Waals surface area contributed by atoms with Gasteiger partial charge in [-0.05, 0) is 6.92 Å². The number of halogens is 1. The summed E-state index contributed by atoms with van der Waals surface area (Å²) in [6.45, 7) is 1.56. The van der Waals surface area contributed by atoms with Gasteiger partial charge in [-0.3, -0.25) is 14.3 Å². The number of aliphatic hydroxyl groups is 2. The fourth-order valence-electron chi connectivity index (χ4n) is 1.71. The topological polar surface area (TPSA) is 105 Å². The lowest BCUT2D eigenvalue weighted by molar-refractivity contribution is -0.0351. The molecule has 1 saturated heterocycles. The molecule has 7 nitrogen and oxygen atoms in total. The molecule has 0 amide bonds. The number of H-pyrrole nitrogens is 1. The molecule has 17 heavy (non-hydrogen) atoms. The highest BCUT2D eigenvalue weighted by Gasteiger charge is 2.41. The standard InChI is InChI=1S/C9H11ClN2O5/c1-3-5(13)6(14)8(17-3)12-2-4(10)7(15)11-9(12)16/h2-3,5-6,8,13-14H,1H3,(H,11,15,16)/t3-,5+,6?,8-/m0/s1. The Labute approximate surface area is 100 Å². The molecule has 8 heteroatoms. The molecule has 1 aromatic rings. The molecule has 0 aliphatic carbocycles. The van der Waals surface area contributed by atoms with Gasteiger partial charge in [0.25, 0.3) is 5.56 Å². The van der Waals surface area contributed by atoms with Crippen LogP contribution >= 0.6 is 11.6 Å². The van der Waals surface area contributed by atoms with E-state index in [0.29, 0.717) is 0 Å². The van der Waals surface area contributed by atoms with Crippen LogP contribution < -0.4 is 11.2 Å². The predicted molar refractivity (Wildman–Crippen MR) is 57.9 cm³/mol. The summed E-state index contributed by atoms with van der Waals surface area (Å²) in [5.74, 6) is 0. The maximum atomic E-state index is 11.5. The number of aromatic nitrogens is 2. The van der Waals surface area contributed by atoms with Crippen LogP contribution in [0.2, 0.25) is 5.02 Å². The molecule has 3 N–H and O–H groups in total. The molecule has 0 radical (unpaired) electrons.